The second-order valence-corrected chi connectivity index (χ2v) is 6.98. The molecule has 0 bridgehead atoms. The number of hydrogen-bond donors (Lipinski definition) is 2. The number of nitrogens with zero attached hydrogens (tertiary/aromatic N) is 5. The van der Waals surface area contributed by atoms with Crippen molar-refractivity contribution >= 4 is 0 Å². The predicted molar refractivity (Wildman–Crippen MR) is 95.0 cm³/mol. The van der Waals surface area contributed by atoms with Crippen LogP contribution in [0.15, 0.2) is 18.5 Å². The van der Waals surface area contributed by atoms with Crippen LogP contribution in [0.4, 0.5) is 0 Å². The van der Waals surface area contributed by atoms with E-state index in [1.165, 1.54) is 0 Å². The number of aromatic nitrogens is 4. The number of hydrogen-bond acceptors (Lipinski definition) is 6. The zero-order valence-corrected chi connectivity index (χ0v) is 15.4. The Morgan fingerprint density at radius 3 is 2.88 bits per heavy atom. The van der Waals surface area contributed by atoms with E-state index in [0.717, 1.165) is 17.0 Å². The van der Waals surface area contributed by atoms with Gasteiger partial charge in [-0.15, -0.1) is 0 Å². The van der Waals surface area contributed by atoms with Gasteiger partial charge in [0, 0.05) is 51.2 Å². The third-order valence-corrected chi connectivity index (χ3v) is 5.17. The van der Waals surface area contributed by atoms with Crippen molar-refractivity contribution in [3.05, 3.63) is 24.0 Å². The lowest BCUT2D eigenvalue weighted by atomic mass is 9.96. The zero-order chi connectivity index (χ0) is 18.0. The van der Waals surface area contributed by atoms with Crippen molar-refractivity contribution in [3.8, 4) is 11.4 Å². The first-order valence-electron chi connectivity index (χ1n) is 8.60. The van der Waals surface area contributed by atoms with Gasteiger partial charge in [0.1, 0.15) is 5.69 Å². The molecule has 0 radical (unpaired) electrons. The molecule has 1 aliphatic heterocycles. The van der Waals surface area contributed by atoms with Crippen molar-refractivity contribution in [2.24, 2.45) is 14.1 Å². The molecule has 8 heteroatoms. The minimum atomic E-state index is -0.396. The average molecular weight is 348 g/mol. The van der Waals surface area contributed by atoms with Crippen LogP contribution in [0.1, 0.15) is 12.5 Å². The Morgan fingerprint density at radius 1 is 1.40 bits per heavy atom. The third-order valence-electron chi connectivity index (χ3n) is 5.17. The quantitative estimate of drug-likeness (QED) is 0.764. The van der Waals surface area contributed by atoms with Crippen LogP contribution in [-0.2, 0) is 25.4 Å². The summed E-state index contributed by atoms with van der Waals surface area (Å²) in [4.78, 5) is 2.22. The van der Waals surface area contributed by atoms with Crippen molar-refractivity contribution in [3.63, 3.8) is 0 Å². The maximum Gasteiger partial charge on any atom is 0.115 e. The fraction of sp³-hybridized carbons (Fsp3) is 0.647. The number of ether oxygens (including phenoxy) is 1. The number of nitrogens with one attached hydrogen (secondary N) is 1. The molecule has 3 heterocycles. The van der Waals surface area contributed by atoms with E-state index >= 15 is 0 Å². The Balaban J connectivity index is 1.71. The monoisotopic (exact) mass is 348 g/mol. The maximum absolute atomic E-state index is 9.98. The summed E-state index contributed by atoms with van der Waals surface area (Å²) in [5, 5.41) is 22.3. The fourth-order valence-corrected chi connectivity index (χ4v) is 3.41. The van der Waals surface area contributed by atoms with E-state index in [2.05, 4.69) is 34.4 Å². The second kappa shape index (κ2) is 7.25. The molecule has 8 nitrogen and oxygen atoms in total. The third kappa shape index (κ3) is 3.48. The van der Waals surface area contributed by atoms with Crippen LogP contribution in [0, 0.1) is 0 Å². The average Bonchev–Trinajstić information content (AvgIpc) is 3.17. The van der Waals surface area contributed by atoms with Crippen molar-refractivity contribution in [1.29, 1.82) is 0 Å². The molecule has 0 saturated carbocycles. The molecule has 2 atom stereocenters. The molecular formula is C17H28N6O2. The molecule has 1 aliphatic rings. The summed E-state index contributed by atoms with van der Waals surface area (Å²) in [6.07, 6.45) is 3.79. The summed E-state index contributed by atoms with van der Waals surface area (Å²) in [6, 6.07) is 2.25. The number of aliphatic hydroxyl groups is 1. The van der Waals surface area contributed by atoms with Gasteiger partial charge >= 0.3 is 0 Å². The minimum Gasteiger partial charge on any atom is -0.394 e. The molecule has 0 amide bonds. The van der Waals surface area contributed by atoms with Crippen molar-refractivity contribution in [2.45, 2.75) is 25.0 Å². The Bertz CT molecular complexity index is 712. The second-order valence-electron chi connectivity index (χ2n) is 6.98. The number of likely N-dealkylation sites (N-methyl/N-ethyl adjacent to an activating group) is 1. The van der Waals surface area contributed by atoms with E-state index < -0.39 is 5.54 Å². The van der Waals surface area contributed by atoms with E-state index in [0.29, 0.717) is 26.3 Å². The van der Waals surface area contributed by atoms with E-state index in [1.54, 1.807) is 6.20 Å². The van der Waals surface area contributed by atoms with E-state index in [4.69, 9.17) is 4.74 Å². The van der Waals surface area contributed by atoms with Gasteiger partial charge in [0.15, 0.2) is 0 Å². The van der Waals surface area contributed by atoms with Gasteiger partial charge in [0.05, 0.1) is 31.1 Å². The highest BCUT2D eigenvalue weighted by Gasteiger charge is 2.40. The SMILES string of the molecule is C[C@@H]1COC[C@@](CO)(CNCc2cn(C)nc2-c2ccnn2C)N1C. The molecule has 2 N–H and O–H groups in total. The molecule has 2 aromatic heterocycles. The van der Waals surface area contributed by atoms with Gasteiger partial charge in [0.25, 0.3) is 0 Å². The predicted octanol–water partition coefficient (Wildman–Crippen LogP) is -0.00820. The van der Waals surface area contributed by atoms with Crippen LogP contribution in [0.2, 0.25) is 0 Å². The highest BCUT2D eigenvalue weighted by Crippen LogP contribution is 2.23. The van der Waals surface area contributed by atoms with Crippen LogP contribution in [-0.4, -0.2) is 74.6 Å². The molecular weight excluding hydrogens is 320 g/mol. The molecule has 138 valence electrons. The van der Waals surface area contributed by atoms with Crippen molar-refractivity contribution in [2.75, 3.05) is 33.4 Å². The summed E-state index contributed by atoms with van der Waals surface area (Å²) in [5.74, 6) is 0. The molecule has 0 spiro atoms. The number of aliphatic hydroxyl groups excluding tert-OH is 1. The Hall–Kier alpha value is -1.74. The summed E-state index contributed by atoms with van der Waals surface area (Å²) in [7, 11) is 5.89. The minimum absolute atomic E-state index is 0.0580. The van der Waals surface area contributed by atoms with E-state index in [9.17, 15) is 5.11 Å². The smallest absolute Gasteiger partial charge is 0.115 e. The first kappa shape index (κ1) is 18.1. The molecule has 2 aromatic rings. The summed E-state index contributed by atoms with van der Waals surface area (Å²) < 4.78 is 9.34. The standard InChI is InChI=1S/C17H28N6O2/c1-13-9-25-12-17(11-24,22(13)3)10-18-7-14-8-21(2)20-16(14)15-5-6-19-23(15)4/h5-6,8,13,18,24H,7,9-12H2,1-4H3/t13-,17+/m1/s1. The number of rotatable bonds is 6. The number of morpholine rings is 1. The lowest BCUT2D eigenvalue weighted by Crippen LogP contribution is -2.65. The van der Waals surface area contributed by atoms with E-state index in [1.807, 2.05) is 35.7 Å². The van der Waals surface area contributed by atoms with Crippen LogP contribution >= 0.6 is 0 Å². The first-order chi connectivity index (χ1) is 12.0. The van der Waals surface area contributed by atoms with Gasteiger partial charge in [-0.05, 0) is 20.0 Å². The molecule has 0 aliphatic carbocycles. The summed E-state index contributed by atoms with van der Waals surface area (Å²) >= 11 is 0. The van der Waals surface area contributed by atoms with Gasteiger partial charge in [-0.2, -0.15) is 10.2 Å². The van der Waals surface area contributed by atoms with Crippen LogP contribution in [0.25, 0.3) is 11.4 Å². The molecule has 3 rings (SSSR count). The molecule has 0 aromatic carbocycles. The Kier molecular flexibility index (Phi) is 5.24. The van der Waals surface area contributed by atoms with Gasteiger partial charge in [-0.3, -0.25) is 14.3 Å². The maximum atomic E-state index is 9.98. The highest BCUT2D eigenvalue weighted by molar-refractivity contribution is 5.58. The Morgan fingerprint density at radius 2 is 2.20 bits per heavy atom. The van der Waals surface area contributed by atoms with Gasteiger partial charge in [-0.25, -0.2) is 0 Å². The summed E-state index contributed by atoms with van der Waals surface area (Å²) in [5.41, 5.74) is 2.62. The topological polar surface area (TPSA) is 80.4 Å². The molecule has 1 fully saturated rings. The zero-order valence-electron chi connectivity index (χ0n) is 15.4. The van der Waals surface area contributed by atoms with Crippen LogP contribution in [0.5, 0.6) is 0 Å². The fourth-order valence-electron chi connectivity index (χ4n) is 3.41. The molecule has 25 heavy (non-hydrogen) atoms. The first-order valence-corrected chi connectivity index (χ1v) is 8.60. The highest BCUT2D eigenvalue weighted by atomic mass is 16.5. The van der Waals surface area contributed by atoms with Gasteiger partial charge in [0.2, 0.25) is 0 Å². The van der Waals surface area contributed by atoms with Gasteiger partial charge < -0.3 is 15.2 Å². The van der Waals surface area contributed by atoms with Gasteiger partial charge in [-0.1, -0.05) is 0 Å². The van der Waals surface area contributed by atoms with E-state index in [-0.39, 0.29) is 12.6 Å². The number of aryl methyl sites for hydroxylation is 2. The van der Waals surface area contributed by atoms with Crippen molar-refractivity contribution < 1.29 is 9.84 Å². The van der Waals surface area contributed by atoms with Crippen molar-refractivity contribution in [1.82, 2.24) is 29.8 Å². The normalized spacial score (nSPS) is 24.8. The largest absolute Gasteiger partial charge is 0.394 e. The molecule has 0 unspecified atom stereocenters. The summed E-state index contributed by atoms with van der Waals surface area (Å²) in [6.45, 7) is 4.71. The lowest BCUT2D eigenvalue weighted by molar-refractivity contribution is -0.106. The Labute approximate surface area is 148 Å². The van der Waals surface area contributed by atoms with Crippen LogP contribution < -0.4 is 5.32 Å². The molecule has 1 saturated heterocycles. The van der Waals surface area contributed by atoms with Crippen LogP contribution in [0.3, 0.4) is 0 Å². The lowest BCUT2D eigenvalue weighted by Gasteiger charge is -2.47.